The van der Waals surface area contributed by atoms with Crippen molar-refractivity contribution in [3.63, 3.8) is 0 Å². The zero-order valence-electron chi connectivity index (χ0n) is 15.5. The van der Waals surface area contributed by atoms with E-state index in [4.69, 9.17) is 11.6 Å². The van der Waals surface area contributed by atoms with Crippen molar-refractivity contribution < 1.29 is 4.79 Å². The molecule has 28 heavy (non-hydrogen) atoms. The number of thiophene rings is 1. The van der Waals surface area contributed by atoms with Gasteiger partial charge in [0.1, 0.15) is 0 Å². The molecule has 6 heteroatoms. The van der Waals surface area contributed by atoms with Crippen LogP contribution in [0.3, 0.4) is 0 Å². The smallest absolute Gasteiger partial charge is 0.253 e. The van der Waals surface area contributed by atoms with Gasteiger partial charge in [0, 0.05) is 23.7 Å². The molecule has 4 rings (SSSR count). The molecule has 1 saturated heterocycles. The Labute approximate surface area is 173 Å². The molecule has 0 radical (unpaired) electrons. The molecule has 1 fully saturated rings. The van der Waals surface area contributed by atoms with Crippen LogP contribution in [0.1, 0.15) is 28.9 Å². The number of rotatable bonds is 6. The van der Waals surface area contributed by atoms with Gasteiger partial charge >= 0.3 is 0 Å². The summed E-state index contributed by atoms with van der Waals surface area (Å²) < 4.78 is 0. The second-order valence-corrected chi connectivity index (χ2v) is 8.35. The maximum absolute atomic E-state index is 12.9. The molecule has 1 aliphatic rings. The number of anilines is 1. The van der Waals surface area contributed by atoms with Crippen LogP contribution in [0.4, 0.5) is 5.69 Å². The van der Waals surface area contributed by atoms with Crippen molar-refractivity contribution in [2.45, 2.75) is 19.0 Å². The molecule has 4 nitrogen and oxygen atoms in total. The number of carbonyl (C=O) groups excluding carboxylic acids is 1. The predicted molar refractivity (Wildman–Crippen MR) is 117 cm³/mol. The highest BCUT2D eigenvalue weighted by molar-refractivity contribution is 7.13. The first kappa shape index (κ1) is 19.0. The summed E-state index contributed by atoms with van der Waals surface area (Å²) in [5.74, 6) is -0.172. The Kier molecular flexibility index (Phi) is 5.67. The van der Waals surface area contributed by atoms with E-state index in [1.165, 1.54) is 4.88 Å². The lowest BCUT2D eigenvalue weighted by Gasteiger charge is -2.29. The molecule has 1 atom stereocenters. The molecular weight excluding hydrogens is 390 g/mol. The molecule has 0 bridgehead atoms. The minimum Gasteiger partial charge on any atom is -0.380 e. The maximum Gasteiger partial charge on any atom is 0.253 e. The van der Waals surface area contributed by atoms with Crippen molar-refractivity contribution >= 4 is 34.5 Å². The van der Waals surface area contributed by atoms with E-state index in [0.29, 0.717) is 16.6 Å². The van der Waals surface area contributed by atoms with Crippen molar-refractivity contribution in [2.75, 3.05) is 18.4 Å². The van der Waals surface area contributed by atoms with Crippen molar-refractivity contribution in [1.82, 2.24) is 10.6 Å². The van der Waals surface area contributed by atoms with Gasteiger partial charge in [-0.25, -0.2) is 0 Å². The lowest BCUT2D eigenvalue weighted by molar-refractivity contribution is 0.0940. The fraction of sp³-hybridized carbons (Fsp3) is 0.227. The summed E-state index contributed by atoms with van der Waals surface area (Å²) in [6, 6.07) is 18.2. The minimum absolute atomic E-state index is 0.129. The van der Waals surface area contributed by atoms with Gasteiger partial charge in [-0.2, -0.15) is 0 Å². The second kappa shape index (κ2) is 8.35. The highest BCUT2D eigenvalue weighted by Crippen LogP contribution is 2.28. The summed E-state index contributed by atoms with van der Waals surface area (Å²) in [6.45, 7) is 3.85. The molecule has 0 saturated carbocycles. The van der Waals surface area contributed by atoms with Crippen LogP contribution < -0.4 is 16.0 Å². The molecule has 0 aliphatic carbocycles. The number of halogens is 1. The van der Waals surface area contributed by atoms with E-state index >= 15 is 0 Å². The Morgan fingerprint density at radius 3 is 2.75 bits per heavy atom. The zero-order valence-corrected chi connectivity index (χ0v) is 17.1. The van der Waals surface area contributed by atoms with E-state index in [9.17, 15) is 4.79 Å². The average molecular weight is 412 g/mol. The summed E-state index contributed by atoms with van der Waals surface area (Å²) in [7, 11) is 0. The quantitative estimate of drug-likeness (QED) is 0.538. The Morgan fingerprint density at radius 2 is 2.04 bits per heavy atom. The molecule has 1 amide bonds. The normalized spacial score (nSPS) is 14.9. The number of benzene rings is 2. The molecule has 3 N–H and O–H groups in total. The summed E-state index contributed by atoms with van der Waals surface area (Å²) in [4.78, 5) is 14.1. The van der Waals surface area contributed by atoms with Crippen molar-refractivity contribution in [1.29, 1.82) is 0 Å². The summed E-state index contributed by atoms with van der Waals surface area (Å²) in [5, 5.41) is 12.2. The SMILES string of the molecule is C[C@@H](NC(=O)c1cc(NC2CNC2)ccc1Cl)c1cccc(-c2cccs2)c1. The van der Waals surface area contributed by atoms with Crippen LogP contribution in [0, 0.1) is 0 Å². The van der Waals surface area contributed by atoms with Crippen LogP contribution in [0.2, 0.25) is 5.02 Å². The van der Waals surface area contributed by atoms with E-state index in [2.05, 4.69) is 39.5 Å². The standard InChI is InChI=1S/C22H22ClN3OS/c1-14(15-4-2-5-16(10-15)21-6-3-9-28-21)25-22(27)19-11-17(7-8-20(19)23)26-18-12-24-13-18/h2-11,14,18,24,26H,12-13H2,1H3,(H,25,27)/t14-/m1/s1. The van der Waals surface area contributed by atoms with Crippen LogP contribution in [0.15, 0.2) is 60.0 Å². The third kappa shape index (κ3) is 4.22. The maximum atomic E-state index is 12.9. The van der Waals surface area contributed by atoms with Gasteiger partial charge in [0.2, 0.25) is 0 Å². The largest absolute Gasteiger partial charge is 0.380 e. The van der Waals surface area contributed by atoms with E-state index in [1.807, 2.05) is 37.3 Å². The van der Waals surface area contributed by atoms with Crippen molar-refractivity contribution in [3.05, 3.63) is 76.1 Å². The molecule has 1 aromatic heterocycles. The molecular formula is C22H22ClN3OS. The summed E-state index contributed by atoms with van der Waals surface area (Å²) in [5.41, 5.74) is 3.62. The Bertz CT molecular complexity index is 970. The third-order valence-electron chi connectivity index (χ3n) is 4.90. The van der Waals surface area contributed by atoms with Crippen molar-refractivity contribution in [2.24, 2.45) is 0 Å². The van der Waals surface area contributed by atoms with Crippen LogP contribution in [-0.4, -0.2) is 25.0 Å². The summed E-state index contributed by atoms with van der Waals surface area (Å²) in [6.07, 6.45) is 0. The molecule has 2 heterocycles. The highest BCUT2D eigenvalue weighted by atomic mass is 35.5. The van der Waals surface area contributed by atoms with Gasteiger partial charge in [0.15, 0.2) is 0 Å². The van der Waals surface area contributed by atoms with Crippen LogP contribution in [0.5, 0.6) is 0 Å². The molecule has 1 aliphatic heterocycles. The van der Waals surface area contributed by atoms with Gasteiger partial charge in [-0.3, -0.25) is 4.79 Å². The molecule has 3 aromatic rings. The molecule has 2 aromatic carbocycles. The first-order valence-corrected chi connectivity index (χ1v) is 10.6. The number of carbonyl (C=O) groups is 1. The van der Waals surface area contributed by atoms with Crippen LogP contribution in [-0.2, 0) is 0 Å². The lowest BCUT2D eigenvalue weighted by Crippen LogP contribution is -2.51. The van der Waals surface area contributed by atoms with Crippen LogP contribution in [0.25, 0.3) is 10.4 Å². The number of amides is 1. The van der Waals surface area contributed by atoms with Gasteiger partial charge in [0.05, 0.1) is 22.7 Å². The van der Waals surface area contributed by atoms with Gasteiger partial charge in [-0.1, -0.05) is 35.9 Å². The number of hydrogen-bond donors (Lipinski definition) is 3. The molecule has 0 unspecified atom stereocenters. The topological polar surface area (TPSA) is 53.2 Å². The first-order valence-electron chi connectivity index (χ1n) is 9.31. The Balaban J connectivity index is 1.48. The number of nitrogens with one attached hydrogen (secondary N) is 3. The fourth-order valence-electron chi connectivity index (χ4n) is 3.18. The second-order valence-electron chi connectivity index (χ2n) is 6.99. The van der Waals surface area contributed by atoms with E-state index in [1.54, 1.807) is 17.4 Å². The van der Waals surface area contributed by atoms with Gasteiger partial charge < -0.3 is 16.0 Å². The lowest BCUT2D eigenvalue weighted by atomic mass is 10.0. The van der Waals surface area contributed by atoms with E-state index < -0.39 is 0 Å². The highest BCUT2D eigenvalue weighted by Gasteiger charge is 2.19. The third-order valence-corrected chi connectivity index (χ3v) is 6.15. The van der Waals surface area contributed by atoms with Crippen LogP contribution >= 0.6 is 22.9 Å². The molecule has 144 valence electrons. The average Bonchev–Trinajstić information content (AvgIpc) is 3.20. The fourth-order valence-corrected chi connectivity index (χ4v) is 4.10. The first-order chi connectivity index (χ1) is 13.6. The Hall–Kier alpha value is -2.34. The van der Waals surface area contributed by atoms with Gasteiger partial charge in [-0.15, -0.1) is 11.3 Å². The Morgan fingerprint density at radius 1 is 1.18 bits per heavy atom. The number of hydrogen-bond acceptors (Lipinski definition) is 4. The van der Waals surface area contributed by atoms with E-state index in [-0.39, 0.29) is 11.9 Å². The predicted octanol–water partition coefficient (Wildman–Crippen LogP) is 4.94. The molecule has 0 spiro atoms. The van der Waals surface area contributed by atoms with Gasteiger partial charge in [0.25, 0.3) is 5.91 Å². The monoisotopic (exact) mass is 411 g/mol. The van der Waals surface area contributed by atoms with Crippen molar-refractivity contribution in [3.8, 4) is 10.4 Å². The van der Waals surface area contributed by atoms with E-state index in [0.717, 1.165) is 29.9 Å². The summed E-state index contributed by atoms with van der Waals surface area (Å²) >= 11 is 8.00. The zero-order chi connectivity index (χ0) is 19.5. The van der Waals surface area contributed by atoms with Gasteiger partial charge in [-0.05, 0) is 53.8 Å². The minimum atomic E-state index is -0.172.